The van der Waals surface area contributed by atoms with Crippen LogP contribution in [0, 0.1) is 0 Å². The van der Waals surface area contributed by atoms with Crippen LogP contribution in [0.4, 0.5) is 0 Å². The first-order valence-corrected chi connectivity index (χ1v) is 8.23. The smallest absolute Gasteiger partial charge is 0.366 e. The fraction of sp³-hybridized carbons (Fsp3) is 0.875. The fourth-order valence-corrected chi connectivity index (χ4v) is 3.53. The van der Waals surface area contributed by atoms with Crippen molar-refractivity contribution in [3.8, 4) is 0 Å². The Morgan fingerprint density at radius 3 is 2.64 bits per heavy atom. The van der Waals surface area contributed by atoms with E-state index in [0.29, 0.717) is 5.90 Å². The first-order chi connectivity index (χ1) is 11.7. The van der Waals surface area contributed by atoms with Gasteiger partial charge in [0.25, 0.3) is 5.79 Å². The summed E-state index contributed by atoms with van der Waals surface area (Å²) in [6.07, 6.45) is -2.95. The molecule has 1 N–H and O–H groups in total. The molecule has 2 saturated heterocycles. The molecule has 6 atom stereocenters. The Morgan fingerprint density at radius 1 is 1.36 bits per heavy atom. The summed E-state index contributed by atoms with van der Waals surface area (Å²) in [6.45, 7) is 5.44. The Kier molecular flexibility index (Phi) is 4.80. The molecule has 0 aromatic rings. The topological polar surface area (TPSA) is 105 Å². The van der Waals surface area contributed by atoms with Crippen LogP contribution in [0.5, 0.6) is 0 Å². The molecule has 142 valence electrons. The van der Waals surface area contributed by atoms with Gasteiger partial charge in [0.05, 0.1) is 20.1 Å². The summed E-state index contributed by atoms with van der Waals surface area (Å²) in [7, 11) is 2.60. The highest BCUT2D eigenvalue weighted by Gasteiger charge is 2.59. The van der Waals surface area contributed by atoms with Crippen molar-refractivity contribution in [2.75, 3.05) is 20.8 Å². The third kappa shape index (κ3) is 3.26. The average Bonchev–Trinajstić information content (AvgIpc) is 3.13. The molecular formula is C16H25NO8. The molecule has 2 fully saturated rings. The Morgan fingerprint density at radius 2 is 2.08 bits per heavy atom. The van der Waals surface area contributed by atoms with Crippen molar-refractivity contribution in [1.29, 1.82) is 0 Å². The molecule has 9 heteroatoms. The zero-order chi connectivity index (χ0) is 18.4. The Hall–Kier alpha value is -1.26. The summed E-state index contributed by atoms with van der Waals surface area (Å²) in [6, 6.07) is -0.477. The predicted molar refractivity (Wildman–Crippen MR) is 83.9 cm³/mol. The van der Waals surface area contributed by atoms with Gasteiger partial charge in [0.2, 0.25) is 0 Å². The number of hydrogen-bond donors (Lipinski definition) is 1. The second kappa shape index (κ2) is 6.48. The summed E-state index contributed by atoms with van der Waals surface area (Å²) in [5.74, 6) is -2.69. The summed E-state index contributed by atoms with van der Waals surface area (Å²) >= 11 is 0. The van der Waals surface area contributed by atoms with Gasteiger partial charge in [0.1, 0.15) is 30.5 Å². The van der Waals surface area contributed by atoms with Crippen LogP contribution >= 0.6 is 0 Å². The molecule has 3 aliphatic heterocycles. The molecule has 0 aromatic heterocycles. The maximum atomic E-state index is 12.3. The largest absolute Gasteiger partial charge is 0.475 e. The molecular weight excluding hydrogens is 334 g/mol. The van der Waals surface area contributed by atoms with Crippen LogP contribution in [-0.4, -0.2) is 79.8 Å². The average molecular weight is 359 g/mol. The van der Waals surface area contributed by atoms with Crippen LogP contribution in [0.1, 0.15) is 27.2 Å². The van der Waals surface area contributed by atoms with Gasteiger partial charge >= 0.3 is 5.97 Å². The normalized spacial score (nSPS) is 40.8. The van der Waals surface area contributed by atoms with E-state index in [-0.39, 0.29) is 13.0 Å². The number of methoxy groups -OCH3 is 2. The summed E-state index contributed by atoms with van der Waals surface area (Å²) < 4.78 is 33.0. The number of rotatable bonds is 4. The monoisotopic (exact) mass is 359 g/mol. The SMILES string of the molecule is COC(=O)[C@@]1(OC)C[C@H]2OC(C)=N[C@H]2[C@H]([C@H](O)[C@H]2COC(C)(C)O2)O1. The number of aliphatic hydroxyl groups excluding tert-OH is 1. The fourth-order valence-electron chi connectivity index (χ4n) is 3.53. The van der Waals surface area contributed by atoms with E-state index in [0.717, 1.165) is 0 Å². The van der Waals surface area contributed by atoms with E-state index in [1.165, 1.54) is 14.2 Å². The Balaban J connectivity index is 1.87. The van der Waals surface area contributed by atoms with Gasteiger partial charge in [-0.05, 0) is 13.8 Å². The number of esters is 1. The van der Waals surface area contributed by atoms with E-state index in [1.807, 2.05) is 0 Å². The van der Waals surface area contributed by atoms with Gasteiger partial charge in [0.15, 0.2) is 11.7 Å². The van der Waals surface area contributed by atoms with Crippen molar-refractivity contribution in [1.82, 2.24) is 0 Å². The highest BCUT2D eigenvalue weighted by molar-refractivity contribution is 5.79. The molecule has 3 aliphatic rings. The van der Waals surface area contributed by atoms with Crippen molar-refractivity contribution >= 4 is 11.9 Å². The maximum absolute atomic E-state index is 12.3. The molecule has 0 spiro atoms. The number of aliphatic hydroxyl groups is 1. The van der Waals surface area contributed by atoms with E-state index in [1.54, 1.807) is 20.8 Å². The highest BCUT2D eigenvalue weighted by atomic mass is 16.8. The summed E-state index contributed by atoms with van der Waals surface area (Å²) in [5, 5.41) is 10.9. The molecule has 0 amide bonds. The van der Waals surface area contributed by atoms with E-state index in [9.17, 15) is 9.90 Å². The third-order valence-electron chi connectivity index (χ3n) is 4.74. The van der Waals surface area contributed by atoms with Crippen molar-refractivity contribution < 1.29 is 38.3 Å². The first-order valence-electron chi connectivity index (χ1n) is 8.23. The summed E-state index contributed by atoms with van der Waals surface area (Å²) in [5.41, 5.74) is 0. The number of ether oxygens (including phenoxy) is 6. The lowest BCUT2D eigenvalue weighted by Crippen LogP contribution is -2.62. The first kappa shape index (κ1) is 18.5. The number of carbonyl (C=O) groups excluding carboxylic acids is 1. The second-order valence-electron chi connectivity index (χ2n) is 6.89. The van der Waals surface area contributed by atoms with Gasteiger partial charge in [-0.3, -0.25) is 0 Å². The maximum Gasteiger partial charge on any atom is 0.366 e. The van der Waals surface area contributed by atoms with Crippen molar-refractivity contribution in [2.24, 2.45) is 4.99 Å². The third-order valence-corrected chi connectivity index (χ3v) is 4.74. The lowest BCUT2D eigenvalue weighted by atomic mass is 9.89. The van der Waals surface area contributed by atoms with Crippen LogP contribution < -0.4 is 0 Å². The van der Waals surface area contributed by atoms with E-state index >= 15 is 0 Å². The van der Waals surface area contributed by atoms with E-state index in [2.05, 4.69) is 4.99 Å². The zero-order valence-electron chi connectivity index (χ0n) is 15.1. The number of nitrogens with zero attached hydrogens (tertiary/aromatic N) is 1. The predicted octanol–water partition coefficient (Wildman–Crippen LogP) is -0.0108. The molecule has 25 heavy (non-hydrogen) atoms. The van der Waals surface area contributed by atoms with Crippen LogP contribution in [0.2, 0.25) is 0 Å². The van der Waals surface area contributed by atoms with E-state index < -0.39 is 48.0 Å². The Labute approximate surface area is 146 Å². The van der Waals surface area contributed by atoms with Gasteiger partial charge in [0, 0.05) is 14.0 Å². The van der Waals surface area contributed by atoms with Crippen LogP contribution in [-0.2, 0) is 33.2 Å². The number of carbonyl (C=O) groups is 1. The summed E-state index contributed by atoms with van der Waals surface area (Å²) in [4.78, 5) is 16.7. The van der Waals surface area contributed by atoms with Crippen LogP contribution in [0.15, 0.2) is 4.99 Å². The number of fused-ring (bicyclic) bond motifs is 1. The van der Waals surface area contributed by atoms with Gasteiger partial charge in [-0.1, -0.05) is 0 Å². The standard InChI is InChI=1S/C16H25NO8/c1-8-17-11-9(23-8)6-16(21-5,14(19)20-4)25-13(11)12(18)10-7-22-15(2,3)24-10/h9-13,18H,6-7H2,1-5H3/t9-,10-,11-,12-,13-,16-/m1/s1. The molecule has 0 unspecified atom stereocenters. The number of hydrogen-bond acceptors (Lipinski definition) is 9. The molecule has 3 rings (SSSR count). The van der Waals surface area contributed by atoms with Crippen LogP contribution in [0.3, 0.4) is 0 Å². The van der Waals surface area contributed by atoms with Gasteiger partial charge in [-0.25, -0.2) is 9.79 Å². The molecule has 3 heterocycles. The van der Waals surface area contributed by atoms with Crippen molar-refractivity contribution in [3.63, 3.8) is 0 Å². The van der Waals surface area contributed by atoms with Gasteiger partial charge < -0.3 is 33.5 Å². The minimum Gasteiger partial charge on any atom is -0.475 e. The van der Waals surface area contributed by atoms with Gasteiger partial charge in [-0.2, -0.15) is 0 Å². The van der Waals surface area contributed by atoms with E-state index in [4.69, 9.17) is 28.4 Å². The molecule has 0 aliphatic carbocycles. The van der Waals surface area contributed by atoms with Gasteiger partial charge in [-0.15, -0.1) is 0 Å². The van der Waals surface area contributed by atoms with Crippen molar-refractivity contribution in [2.45, 2.75) is 69.2 Å². The molecule has 0 radical (unpaired) electrons. The second-order valence-corrected chi connectivity index (χ2v) is 6.89. The molecule has 0 saturated carbocycles. The Bertz CT molecular complexity index is 564. The molecule has 0 bridgehead atoms. The zero-order valence-corrected chi connectivity index (χ0v) is 15.1. The quantitative estimate of drug-likeness (QED) is 0.699. The minimum absolute atomic E-state index is 0.110. The molecule has 0 aromatic carbocycles. The lowest BCUT2D eigenvalue weighted by Gasteiger charge is -2.44. The van der Waals surface area contributed by atoms with Crippen molar-refractivity contribution in [3.05, 3.63) is 0 Å². The highest BCUT2D eigenvalue weighted by Crippen LogP contribution is 2.39. The van der Waals surface area contributed by atoms with Crippen LogP contribution in [0.25, 0.3) is 0 Å². The molecule has 9 nitrogen and oxygen atoms in total. The number of aliphatic imine (C=N–C) groups is 1. The minimum atomic E-state index is -1.67. The lowest BCUT2D eigenvalue weighted by molar-refractivity contribution is -0.299.